The van der Waals surface area contributed by atoms with Crippen LogP contribution in [-0.4, -0.2) is 52.2 Å². The number of nitriles is 1. The number of benzene rings is 2. The number of carbonyl (C=O) groups is 1. The molecule has 36 heavy (non-hydrogen) atoms. The van der Waals surface area contributed by atoms with E-state index in [2.05, 4.69) is 31.4 Å². The predicted octanol–water partition coefficient (Wildman–Crippen LogP) is 4.60. The lowest BCUT2D eigenvalue weighted by Crippen LogP contribution is -2.35. The lowest BCUT2D eigenvalue weighted by atomic mass is 10.0. The second-order valence-corrected chi connectivity index (χ2v) is 9.50. The Morgan fingerprint density at radius 1 is 1.28 bits per heavy atom. The number of methoxy groups -OCH3 is 1. The van der Waals surface area contributed by atoms with Gasteiger partial charge in [0.25, 0.3) is 5.91 Å². The molecule has 7 heteroatoms. The summed E-state index contributed by atoms with van der Waals surface area (Å²) in [5, 5.41) is 14.4. The molecule has 0 fully saturated rings. The second-order valence-electron chi connectivity index (χ2n) is 9.50. The van der Waals surface area contributed by atoms with E-state index in [1.54, 1.807) is 31.4 Å². The molecule has 0 bridgehead atoms. The summed E-state index contributed by atoms with van der Waals surface area (Å²) in [5.74, 6) is 0.934. The average molecular weight is 484 g/mol. The number of hydrogen-bond donors (Lipinski definition) is 0. The van der Waals surface area contributed by atoms with Gasteiger partial charge in [0.05, 0.1) is 36.7 Å². The van der Waals surface area contributed by atoms with Crippen LogP contribution in [-0.2, 0) is 19.5 Å². The van der Waals surface area contributed by atoms with Gasteiger partial charge < -0.3 is 9.64 Å². The van der Waals surface area contributed by atoms with E-state index in [0.717, 1.165) is 54.4 Å². The fourth-order valence-electron chi connectivity index (χ4n) is 4.76. The summed E-state index contributed by atoms with van der Waals surface area (Å²) in [6.45, 7) is 11.5. The predicted molar refractivity (Wildman–Crippen MR) is 140 cm³/mol. The molecule has 7 nitrogen and oxygen atoms in total. The van der Waals surface area contributed by atoms with E-state index in [4.69, 9.17) is 9.84 Å². The fraction of sp³-hybridized carbons (Fsp3) is 0.345. The number of hydrogen-bond acceptors (Lipinski definition) is 5. The monoisotopic (exact) mass is 483 g/mol. The Bertz CT molecular complexity index is 1290. The molecule has 4 rings (SSSR count). The largest absolute Gasteiger partial charge is 0.494 e. The second kappa shape index (κ2) is 11.2. The lowest BCUT2D eigenvalue weighted by Gasteiger charge is -2.28. The summed E-state index contributed by atoms with van der Waals surface area (Å²) >= 11 is 0. The molecule has 0 unspecified atom stereocenters. The number of para-hydroxylation sites is 2. The van der Waals surface area contributed by atoms with Crippen LogP contribution in [0.2, 0.25) is 0 Å². The highest BCUT2D eigenvalue weighted by Gasteiger charge is 2.28. The number of fused-ring (bicyclic) bond motifs is 1. The summed E-state index contributed by atoms with van der Waals surface area (Å²) in [5.41, 5.74) is 5.07. The Labute approximate surface area is 213 Å². The minimum atomic E-state index is -0.0971. The van der Waals surface area contributed by atoms with Gasteiger partial charge in [0.2, 0.25) is 0 Å². The normalized spacial score (nSPS) is 13.2. The highest BCUT2D eigenvalue weighted by atomic mass is 16.5. The third-order valence-electron chi connectivity index (χ3n) is 6.37. The summed E-state index contributed by atoms with van der Waals surface area (Å²) in [7, 11) is 1.67. The van der Waals surface area contributed by atoms with Crippen LogP contribution in [0.1, 0.15) is 46.7 Å². The van der Waals surface area contributed by atoms with Gasteiger partial charge in [-0.15, -0.1) is 6.58 Å². The minimum absolute atomic E-state index is 0.0971. The fourth-order valence-corrected chi connectivity index (χ4v) is 4.76. The molecule has 0 atom stereocenters. The number of nitrogens with zero attached hydrogens (tertiary/aromatic N) is 5. The molecule has 1 aromatic heterocycles. The van der Waals surface area contributed by atoms with Gasteiger partial charge in [-0.05, 0) is 36.2 Å². The first-order valence-corrected chi connectivity index (χ1v) is 12.3. The molecule has 186 valence electrons. The van der Waals surface area contributed by atoms with Crippen molar-refractivity contribution in [3.05, 3.63) is 89.3 Å². The van der Waals surface area contributed by atoms with Crippen LogP contribution in [0.3, 0.4) is 0 Å². The molecule has 0 aliphatic carbocycles. The van der Waals surface area contributed by atoms with Gasteiger partial charge in [-0.1, -0.05) is 38.1 Å². The molecular weight excluding hydrogens is 450 g/mol. The number of carbonyl (C=O) groups excluding carboxylic acids is 1. The zero-order valence-electron chi connectivity index (χ0n) is 21.3. The van der Waals surface area contributed by atoms with Gasteiger partial charge in [-0.2, -0.15) is 10.4 Å². The summed E-state index contributed by atoms with van der Waals surface area (Å²) in [6, 6.07) is 16.9. The van der Waals surface area contributed by atoms with Crippen LogP contribution in [0.25, 0.3) is 5.69 Å². The zero-order chi connectivity index (χ0) is 25.7. The SMILES string of the molecule is C=CCN1CCc2c(c(CN(CC(C)C)C(=O)c3cccc(C#N)c3)nn2-c2ccccc2OC)C1. The molecule has 1 amide bonds. The van der Waals surface area contributed by atoms with Crippen molar-refractivity contribution >= 4 is 5.91 Å². The molecule has 0 N–H and O–H groups in total. The molecule has 2 heterocycles. The zero-order valence-corrected chi connectivity index (χ0v) is 21.3. The Kier molecular flexibility index (Phi) is 7.87. The van der Waals surface area contributed by atoms with Gasteiger partial charge in [0.1, 0.15) is 11.4 Å². The maximum Gasteiger partial charge on any atom is 0.254 e. The maximum atomic E-state index is 13.6. The quantitative estimate of drug-likeness (QED) is 0.416. The molecule has 0 saturated heterocycles. The summed E-state index contributed by atoms with van der Waals surface area (Å²) < 4.78 is 7.63. The molecule has 0 spiro atoms. The van der Waals surface area contributed by atoms with Gasteiger partial charge >= 0.3 is 0 Å². The Morgan fingerprint density at radius 2 is 2.08 bits per heavy atom. The third-order valence-corrected chi connectivity index (χ3v) is 6.37. The topological polar surface area (TPSA) is 74.4 Å². The van der Waals surface area contributed by atoms with Crippen molar-refractivity contribution in [1.29, 1.82) is 5.26 Å². The first kappa shape index (κ1) is 25.2. The Balaban J connectivity index is 1.76. The van der Waals surface area contributed by atoms with Crippen molar-refractivity contribution in [3.63, 3.8) is 0 Å². The van der Waals surface area contributed by atoms with E-state index in [9.17, 15) is 10.1 Å². The maximum absolute atomic E-state index is 13.6. The van der Waals surface area contributed by atoms with Crippen LogP contribution in [0.15, 0.2) is 61.2 Å². The van der Waals surface area contributed by atoms with E-state index in [0.29, 0.717) is 24.2 Å². The molecule has 0 radical (unpaired) electrons. The van der Waals surface area contributed by atoms with Gasteiger partial charge in [-0.25, -0.2) is 4.68 Å². The Morgan fingerprint density at radius 3 is 2.81 bits per heavy atom. The number of aromatic nitrogens is 2. The number of amides is 1. The molecule has 1 aliphatic heterocycles. The van der Waals surface area contributed by atoms with E-state index in [1.807, 2.05) is 39.9 Å². The van der Waals surface area contributed by atoms with Gasteiger partial charge in [0, 0.05) is 43.7 Å². The van der Waals surface area contributed by atoms with Gasteiger partial charge in [0.15, 0.2) is 0 Å². The van der Waals surface area contributed by atoms with E-state index < -0.39 is 0 Å². The smallest absolute Gasteiger partial charge is 0.254 e. The van der Waals surface area contributed by atoms with Crippen molar-refractivity contribution < 1.29 is 9.53 Å². The van der Waals surface area contributed by atoms with Crippen LogP contribution in [0.5, 0.6) is 5.75 Å². The molecule has 1 aliphatic rings. The van der Waals surface area contributed by atoms with Crippen molar-refractivity contribution in [3.8, 4) is 17.5 Å². The third kappa shape index (κ3) is 5.34. The van der Waals surface area contributed by atoms with Crippen LogP contribution < -0.4 is 4.74 Å². The molecule has 0 saturated carbocycles. The number of rotatable bonds is 9. The van der Waals surface area contributed by atoms with E-state index in [-0.39, 0.29) is 11.8 Å². The standard InChI is InChI=1S/C29H33N5O2/c1-5-14-32-15-13-26-24(19-32)25(31-34(26)27-11-6-7-12-28(27)36-4)20-33(18-21(2)3)29(35)23-10-8-9-22(16-23)17-30/h5-12,16,21H,1,13-15,18-20H2,2-4H3. The Hall–Kier alpha value is -3.89. The first-order chi connectivity index (χ1) is 17.4. The average Bonchev–Trinajstić information content (AvgIpc) is 3.25. The van der Waals surface area contributed by atoms with Crippen LogP contribution >= 0.6 is 0 Å². The summed E-state index contributed by atoms with van der Waals surface area (Å²) in [6.07, 6.45) is 2.77. The molecular formula is C29H33N5O2. The highest BCUT2D eigenvalue weighted by Crippen LogP contribution is 2.30. The van der Waals surface area contributed by atoms with E-state index >= 15 is 0 Å². The lowest BCUT2D eigenvalue weighted by molar-refractivity contribution is 0.0719. The minimum Gasteiger partial charge on any atom is -0.494 e. The first-order valence-electron chi connectivity index (χ1n) is 12.3. The van der Waals surface area contributed by atoms with E-state index in [1.165, 1.54) is 0 Å². The van der Waals surface area contributed by atoms with Crippen molar-refractivity contribution in [2.75, 3.05) is 26.7 Å². The van der Waals surface area contributed by atoms with Crippen molar-refractivity contribution in [2.24, 2.45) is 5.92 Å². The van der Waals surface area contributed by atoms with Crippen LogP contribution in [0.4, 0.5) is 0 Å². The number of ether oxygens (including phenoxy) is 1. The van der Waals surface area contributed by atoms with Gasteiger partial charge in [-0.3, -0.25) is 9.69 Å². The molecule has 3 aromatic rings. The molecule has 2 aromatic carbocycles. The van der Waals surface area contributed by atoms with Crippen molar-refractivity contribution in [2.45, 2.75) is 33.4 Å². The summed E-state index contributed by atoms with van der Waals surface area (Å²) in [4.78, 5) is 17.8. The highest BCUT2D eigenvalue weighted by molar-refractivity contribution is 5.94. The van der Waals surface area contributed by atoms with Crippen LogP contribution in [0, 0.1) is 17.2 Å². The van der Waals surface area contributed by atoms with Crippen molar-refractivity contribution in [1.82, 2.24) is 19.6 Å².